The number of carbonyl (C=O) groups is 2. The van der Waals surface area contributed by atoms with Crippen LogP contribution in [0.1, 0.15) is 44.2 Å². The maximum absolute atomic E-state index is 13.3. The van der Waals surface area contributed by atoms with Crippen molar-refractivity contribution in [1.29, 1.82) is 0 Å². The van der Waals surface area contributed by atoms with E-state index in [1.165, 1.54) is 0 Å². The van der Waals surface area contributed by atoms with Crippen LogP contribution in [0.3, 0.4) is 0 Å². The molecule has 0 aromatic heterocycles. The SMILES string of the molecule is COc1cc2c3c(c1)C(C)CC(C)(C)N3C(=O)/C2=C1\SC(=S)NC1=O. The first-order valence-electron chi connectivity index (χ1n) is 8.09. The fraction of sp³-hybridized carbons (Fsp3) is 0.389. The van der Waals surface area contributed by atoms with E-state index in [1.54, 1.807) is 7.11 Å². The summed E-state index contributed by atoms with van der Waals surface area (Å²) < 4.78 is 5.83. The highest BCUT2D eigenvalue weighted by Gasteiger charge is 2.49. The van der Waals surface area contributed by atoms with Crippen molar-refractivity contribution in [3.05, 3.63) is 28.2 Å². The van der Waals surface area contributed by atoms with E-state index >= 15 is 0 Å². The second kappa shape index (κ2) is 5.32. The maximum Gasteiger partial charge on any atom is 0.264 e. The minimum Gasteiger partial charge on any atom is -0.497 e. The van der Waals surface area contributed by atoms with Gasteiger partial charge in [0.15, 0.2) is 0 Å². The molecule has 3 heterocycles. The van der Waals surface area contributed by atoms with E-state index in [-0.39, 0.29) is 17.4 Å². The number of hydrogen-bond acceptors (Lipinski definition) is 5. The normalized spacial score (nSPS) is 26.8. The van der Waals surface area contributed by atoms with Gasteiger partial charge in [0.1, 0.15) is 10.1 Å². The van der Waals surface area contributed by atoms with Crippen molar-refractivity contribution in [2.45, 2.75) is 38.6 Å². The molecule has 4 rings (SSSR count). The number of nitrogens with zero attached hydrogens (tertiary/aromatic N) is 1. The number of ether oxygens (including phenoxy) is 1. The van der Waals surface area contributed by atoms with E-state index in [1.807, 2.05) is 17.0 Å². The van der Waals surface area contributed by atoms with Crippen LogP contribution < -0.4 is 15.0 Å². The Morgan fingerprint density at radius 1 is 1.36 bits per heavy atom. The van der Waals surface area contributed by atoms with Crippen molar-refractivity contribution in [2.75, 3.05) is 12.0 Å². The third-order valence-electron chi connectivity index (χ3n) is 5.04. The lowest BCUT2D eigenvalue weighted by atomic mass is 9.80. The Balaban J connectivity index is 2.06. The van der Waals surface area contributed by atoms with Gasteiger partial charge in [-0.15, -0.1) is 0 Å². The van der Waals surface area contributed by atoms with Crippen LogP contribution in [-0.4, -0.2) is 28.8 Å². The summed E-state index contributed by atoms with van der Waals surface area (Å²) in [6.45, 7) is 6.30. The average molecular weight is 374 g/mol. The number of amides is 2. The molecule has 1 atom stereocenters. The van der Waals surface area contributed by atoms with Gasteiger partial charge in [-0.05, 0) is 43.9 Å². The van der Waals surface area contributed by atoms with Crippen LogP contribution in [0.5, 0.6) is 5.75 Å². The Hall–Kier alpha value is -1.86. The van der Waals surface area contributed by atoms with Gasteiger partial charge in [0, 0.05) is 11.1 Å². The van der Waals surface area contributed by atoms with Gasteiger partial charge in [0.05, 0.1) is 23.3 Å². The molecule has 1 N–H and O–H groups in total. The Bertz CT molecular complexity index is 889. The topological polar surface area (TPSA) is 58.6 Å². The van der Waals surface area contributed by atoms with E-state index in [2.05, 4.69) is 26.1 Å². The van der Waals surface area contributed by atoms with E-state index in [4.69, 9.17) is 17.0 Å². The van der Waals surface area contributed by atoms with Gasteiger partial charge in [-0.25, -0.2) is 0 Å². The smallest absolute Gasteiger partial charge is 0.264 e. The van der Waals surface area contributed by atoms with Crippen molar-refractivity contribution in [2.24, 2.45) is 0 Å². The number of benzene rings is 1. The fourth-order valence-electron chi connectivity index (χ4n) is 4.12. The minimum absolute atomic E-state index is 0.135. The Morgan fingerprint density at radius 2 is 2.08 bits per heavy atom. The zero-order valence-electron chi connectivity index (χ0n) is 14.4. The molecule has 0 radical (unpaired) electrons. The van der Waals surface area contributed by atoms with Gasteiger partial charge < -0.3 is 15.0 Å². The number of hydrogen-bond donors (Lipinski definition) is 1. The molecule has 1 fully saturated rings. The average Bonchev–Trinajstić information content (AvgIpc) is 3.00. The molecule has 0 saturated carbocycles. The lowest BCUT2D eigenvalue weighted by Gasteiger charge is -2.43. The van der Waals surface area contributed by atoms with Crippen LogP contribution in [0.4, 0.5) is 5.69 Å². The lowest BCUT2D eigenvalue weighted by Crippen LogP contribution is -2.49. The van der Waals surface area contributed by atoms with Crippen LogP contribution >= 0.6 is 24.0 Å². The molecule has 1 aromatic carbocycles. The third-order valence-corrected chi connectivity index (χ3v) is 6.28. The van der Waals surface area contributed by atoms with Crippen LogP contribution in [0.15, 0.2) is 17.0 Å². The van der Waals surface area contributed by atoms with Crippen molar-refractivity contribution in [3.63, 3.8) is 0 Å². The van der Waals surface area contributed by atoms with Gasteiger partial charge >= 0.3 is 0 Å². The highest BCUT2D eigenvalue weighted by molar-refractivity contribution is 8.27. The molecule has 2 amide bonds. The first-order valence-corrected chi connectivity index (χ1v) is 9.31. The number of anilines is 1. The zero-order valence-corrected chi connectivity index (χ0v) is 16.1. The quantitative estimate of drug-likeness (QED) is 0.604. The van der Waals surface area contributed by atoms with Gasteiger partial charge in [-0.1, -0.05) is 30.9 Å². The fourth-order valence-corrected chi connectivity index (χ4v) is 5.23. The first-order chi connectivity index (χ1) is 11.7. The molecule has 130 valence electrons. The second-order valence-electron chi connectivity index (χ2n) is 7.22. The van der Waals surface area contributed by atoms with E-state index in [0.717, 1.165) is 35.0 Å². The summed E-state index contributed by atoms with van der Waals surface area (Å²) in [6.07, 6.45) is 0.846. The molecule has 0 aliphatic carbocycles. The predicted octanol–water partition coefficient (Wildman–Crippen LogP) is 3.19. The van der Waals surface area contributed by atoms with Crippen molar-refractivity contribution >= 4 is 51.4 Å². The van der Waals surface area contributed by atoms with Gasteiger partial charge in [-0.2, -0.15) is 0 Å². The Labute approximate surface area is 155 Å². The first kappa shape index (κ1) is 16.6. The number of nitrogens with one attached hydrogen (secondary N) is 1. The summed E-state index contributed by atoms with van der Waals surface area (Å²) in [5.41, 5.74) is 2.86. The highest BCUT2D eigenvalue weighted by Crippen LogP contribution is 2.54. The number of methoxy groups -OCH3 is 1. The summed E-state index contributed by atoms with van der Waals surface area (Å²) in [7, 11) is 1.61. The highest BCUT2D eigenvalue weighted by atomic mass is 32.2. The van der Waals surface area contributed by atoms with Crippen molar-refractivity contribution in [1.82, 2.24) is 5.32 Å². The van der Waals surface area contributed by atoms with E-state index in [9.17, 15) is 9.59 Å². The molecule has 25 heavy (non-hydrogen) atoms. The second-order valence-corrected chi connectivity index (χ2v) is 8.91. The Morgan fingerprint density at radius 3 is 2.68 bits per heavy atom. The van der Waals surface area contributed by atoms with Crippen molar-refractivity contribution in [3.8, 4) is 5.75 Å². The molecule has 1 saturated heterocycles. The largest absolute Gasteiger partial charge is 0.497 e. The summed E-state index contributed by atoms with van der Waals surface area (Å²) in [5.74, 6) is 0.543. The molecule has 1 aromatic rings. The minimum atomic E-state index is -0.324. The molecular weight excluding hydrogens is 356 g/mol. The molecule has 1 unspecified atom stereocenters. The summed E-state index contributed by atoms with van der Waals surface area (Å²) in [4.78, 5) is 27.9. The van der Waals surface area contributed by atoms with Crippen LogP contribution in [-0.2, 0) is 9.59 Å². The van der Waals surface area contributed by atoms with Gasteiger partial charge in [0.2, 0.25) is 0 Å². The van der Waals surface area contributed by atoms with E-state index < -0.39 is 0 Å². The number of thiocarbonyl (C=S) groups is 1. The maximum atomic E-state index is 13.3. The molecule has 0 spiro atoms. The number of rotatable bonds is 1. The van der Waals surface area contributed by atoms with E-state index in [0.29, 0.717) is 26.5 Å². The number of thioether (sulfide) groups is 1. The van der Waals surface area contributed by atoms with Crippen LogP contribution in [0.25, 0.3) is 5.57 Å². The summed E-state index contributed by atoms with van der Waals surface area (Å²) in [5, 5.41) is 2.61. The van der Waals surface area contributed by atoms with Gasteiger partial charge in [-0.3, -0.25) is 9.59 Å². The molecule has 3 aliphatic rings. The zero-order chi connectivity index (χ0) is 18.1. The number of carbonyl (C=O) groups excluding carboxylic acids is 2. The summed E-state index contributed by atoms with van der Waals surface area (Å²) in [6, 6.07) is 3.85. The lowest BCUT2D eigenvalue weighted by molar-refractivity contribution is -0.116. The monoisotopic (exact) mass is 374 g/mol. The molecule has 7 heteroatoms. The standard InChI is InChI=1S/C18H18N2O3S2/c1-8-7-18(2,3)20-13-10(8)5-9(23-4)6-11(13)12(16(20)22)14-15(21)19-17(24)25-14/h5-6,8H,7H2,1-4H3,(H,19,21,24)/b14-12-. The molecule has 3 aliphatic heterocycles. The molecular formula is C18H18N2O3S2. The third kappa shape index (κ3) is 2.25. The van der Waals surface area contributed by atoms with Gasteiger partial charge in [0.25, 0.3) is 11.8 Å². The summed E-state index contributed by atoms with van der Waals surface area (Å²) >= 11 is 6.26. The molecule has 0 bridgehead atoms. The van der Waals surface area contributed by atoms with Crippen LogP contribution in [0.2, 0.25) is 0 Å². The molecule has 5 nitrogen and oxygen atoms in total. The van der Waals surface area contributed by atoms with Crippen molar-refractivity contribution < 1.29 is 14.3 Å². The Kier molecular flexibility index (Phi) is 3.53. The predicted molar refractivity (Wildman–Crippen MR) is 103 cm³/mol. The van der Waals surface area contributed by atoms with Crippen LogP contribution in [0, 0.1) is 0 Å².